The smallest absolute Gasteiger partial charge is 0.343 e. The number of esters is 1. The molecule has 0 spiro atoms. The normalized spacial score (nSPS) is 11.7. The first kappa shape index (κ1) is 14.3. The molecule has 0 fully saturated rings. The third kappa shape index (κ3) is 3.60. The first-order valence-electron chi connectivity index (χ1n) is 5.28. The summed E-state index contributed by atoms with van der Waals surface area (Å²) in [6.07, 6.45) is 0.293. The van der Waals surface area contributed by atoms with E-state index in [-0.39, 0.29) is 11.3 Å². The fraction of sp³-hybridized carbons (Fsp3) is 0.231. The molecule has 0 unspecified atom stereocenters. The van der Waals surface area contributed by atoms with Crippen molar-refractivity contribution in [1.82, 2.24) is 0 Å². The average Bonchev–Trinajstić information content (AvgIpc) is 2.31. The molecule has 0 bridgehead atoms. The van der Waals surface area contributed by atoms with Gasteiger partial charge < -0.3 is 10.5 Å². The van der Waals surface area contributed by atoms with E-state index in [2.05, 4.69) is 4.74 Å². The van der Waals surface area contributed by atoms with E-state index in [9.17, 15) is 9.59 Å². The third-order valence-electron chi connectivity index (χ3n) is 2.37. The summed E-state index contributed by atoms with van der Waals surface area (Å²) in [6, 6.07) is 7.00. The van der Waals surface area contributed by atoms with Crippen molar-refractivity contribution in [2.24, 2.45) is 5.73 Å². The molecule has 0 amide bonds. The van der Waals surface area contributed by atoms with Crippen LogP contribution in [0.3, 0.4) is 0 Å². The van der Waals surface area contributed by atoms with Gasteiger partial charge in [0.2, 0.25) is 0 Å². The number of methoxy groups -OCH3 is 1. The Labute approximate surface area is 110 Å². The van der Waals surface area contributed by atoms with Crippen LogP contribution < -0.4 is 5.73 Å². The topological polar surface area (TPSA) is 69.4 Å². The molecule has 96 valence electrons. The molecule has 1 aromatic rings. The Kier molecular flexibility index (Phi) is 4.92. The van der Waals surface area contributed by atoms with Gasteiger partial charge in [-0.2, -0.15) is 0 Å². The van der Waals surface area contributed by atoms with Gasteiger partial charge in [0.05, 0.1) is 7.11 Å². The molecule has 0 radical (unpaired) electrons. The third-order valence-corrected chi connectivity index (χ3v) is 2.62. The van der Waals surface area contributed by atoms with Gasteiger partial charge in [0.25, 0.3) is 0 Å². The lowest BCUT2D eigenvalue weighted by molar-refractivity contribution is -0.137. The maximum Gasteiger partial charge on any atom is 0.343 e. The summed E-state index contributed by atoms with van der Waals surface area (Å²) in [7, 11) is 1.21. The second-order valence-corrected chi connectivity index (χ2v) is 4.19. The van der Waals surface area contributed by atoms with Crippen molar-refractivity contribution in [3.63, 3.8) is 0 Å². The number of rotatable bonds is 4. The van der Waals surface area contributed by atoms with E-state index in [1.165, 1.54) is 14.0 Å². The van der Waals surface area contributed by atoms with Crippen LogP contribution in [0, 0.1) is 0 Å². The van der Waals surface area contributed by atoms with E-state index in [1.807, 2.05) is 0 Å². The molecule has 0 aliphatic heterocycles. The first-order chi connectivity index (χ1) is 8.45. The monoisotopic (exact) mass is 267 g/mol. The van der Waals surface area contributed by atoms with Crippen LogP contribution in [0.15, 0.2) is 35.5 Å². The van der Waals surface area contributed by atoms with Crippen LogP contribution >= 0.6 is 11.6 Å². The summed E-state index contributed by atoms with van der Waals surface area (Å²) >= 11 is 5.76. The number of carbonyl (C=O) groups is 2. The van der Waals surface area contributed by atoms with Crippen molar-refractivity contribution < 1.29 is 14.3 Å². The van der Waals surface area contributed by atoms with Gasteiger partial charge in [0.15, 0.2) is 5.78 Å². The highest BCUT2D eigenvalue weighted by Gasteiger charge is 2.19. The number of allylic oxidation sites excluding steroid dienone is 1. The van der Waals surface area contributed by atoms with Crippen LogP contribution in [0.25, 0.3) is 0 Å². The lowest BCUT2D eigenvalue weighted by Gasteiger charge is -2.07. The van der Waals surface area contributed by atoms with Crippen LogP contribution in [0.4, 0.5) is 0 Å². The van der Waals surface area contributed by atoms with E-state index in [0.717, 1.165) is 5.56 Å². The Bertz CT molecular complexity index is 491. The van der Waals surface area contributed by atoms with Crippen LogP contribution in [0.5, 0.6) is 0 Å². The predicted molar refractivity (Wildman–Crippen MR) is 69.1 cm³/mol. The molecule has 0 heterocycles. The van der Waals surface area contributed by atoms with Crippen LogP contribution in [-0.2, 0) is 20.7 Å². The molecule has 1 aromatic carbocycles. The minimum atomic E-state index is -0.714. The zero-order valence-electron chi connectivity index (χ0n) is 10.2. The molecule has 5 heteroatoms. The second kappa shape index (κ2) is 6.21. The summed E-state index contributed by atoms with van der Waals surface area (Å²) in [5, 5.41) is 0.612. The molecular weight excluding hydrogens is 254 g/mol. The number of halogens is 1. The number of Topliss-reactive ketones (excluding diaryl/α,β-unsaturated/α-hetero) is 1. The number of ether oxygens (including phenoxy) is 1. The number of nitrogens with two attached hydrogens (primary N) is 1. The quantitative estimate of drug-likeness (QED) is 0.391. The fourth-order valence-corrected chi connectivity index (χ4v) is 1.64. The predicted octanol–water partition coefficient (Wildman–Crippen LogP) is 1.86. The summed E-state index contributed by atoms with van der Waals surface area (Å²) in [5.41, 5.74) is 6.74. The largest absolute Gasteiger partial charge is 0.465 e. The van der Waals surface area contributed by atoms with Gasteiger partial charge in [0.1, 0.15) is 5.57 Å². The van der Waals surface area contributed by atoms with E-state index in [4.69, 9.17) is 17.3 Å². The summed E-state index contributed by atoms with van der Waals surface area (Å²) in [4.78, 5) is 22.8. The first-order valence-corrected chi connectivity index (χ1v) is 5.65. The van der Waals surface area contributed by atoms with Crippen molar-refractivity contribution in [3.8, 4) is 0 Å². The Morgan fingerprint density at radius 2 is 1.83 bits per heavy atom. The average molecular weight is 268 g/mol. The van der Waals surface area contributed by atoms with Crippen molar-refractivity contribution in [3.05, 3.63) is 46.1 Å². The molecule has 0 saturated heterocycles. The molecule has 0 atom stereocenters. The van der Waals surface area contributed by atoms with Gasteiger partial charge in [-0.25, -0.2) is 4.79 Å². The minimum Gasteiger partial charge on any atom is -0.465 e. The van der Waals surface area contributed by atoms with Crippen molar-refractivity contribution >= 4 is 23.4 Å². The molecule has 18 heavy (non-hydrogen) atoms. The number of hydrogen-bond acceptors (Lipinski definition) is 4. The van der Waals surface area contributed by atoms with Crippen LogP contribution in [0.2, 0.25) is 5.02 Å². The molecule has 0 aliphatic carbocycles. The number of hydrogen-bond donors (Lipinski definition) is 1. The standard InChI is InChI=1S/C13H14ClNO3/c1-8(16)12(13(17)18-2)11(15)7-9-3-5-10(14)6-4-9/h3-6H,7,15H2,1-2H3. The molecule has 0 aliphatic rings. The van der Waals surface area contributed by atoms with Crippen molar-refractivity contribution in [2.75, 3.05) is 7.11 Å². The second-order valence-electron chi connectivity index (χ2n) is 3.75. The maximum atomic E-state index is 11.4. The maximum absolute atomic E-state index is 11.4. The Morgan fingerprint density at radius 3 is 2.28 bits per heavy atom. The summed E-state index contributed by atoms with van der Waals surface area (Å²) in [5.74, 6) is -1.12. The molecule has 0 saturated carbocycles. The molecule has 4 nitrogen and oxygen atoms in total. The molecule has 1 rings (SSSR count). The summed E-state index contributed by atoms with van der Waals surface area (Å²) < 4.78 is 4.53. The minimum absolute atomic E-state index is 0.104. The highest BCUT2D eigenvalue weighted by molar-refractivity contribution is 6.30. The number of benzene rings is 1. The summed E-state index contributed by atoms with van der Waals surface area (Å²) in [6.45, 7) is 1.28. The Hall–Kier alpha value is -1.81. The van der Waals surface area contributed by atoms with Crippen molar-refractivity contribution in [2.45, 2.75) is 13.3 Å². The highest BCUT2D eigenvalue weighted by Crippen LogP contribution is 2.14. The van der Waals surface area contributed by atoms with Gasteiger partial charge >= 0.3 is 5.97 Å². The Morgan fingerprint density at radius 1 is 1.28 bits per heavy atom. The fourth-order valence-electron chi connectivity index (χ4n) is 1.51. The zero-order chi connectivity index (χ0) is 13.7. The van der Waals surface area contributed by atoms with E-state index < -0.39 is 11.8 Å². The van der Waals surface area contributed by atoms with Gasteiger partial charge in [-0.3, -0.25) is 4.79 Å². The van der Waals surface area contributed by atoms with Crippen LogP contribution in [0.1, 0.15) is 12.5 Å². The molecular formula is C13H14ClNO3. The lowest BCUT2D eigenvalue weighted by Crippen LogP contribution is -2.19. The molecule has 0 aromatic heterocycles. The van der Waals surface area contributed by atoms with Gasteiger partial charge in [-0.1, -0.05) is 23.7 Å². The SMILES string of the molecule is COC(=O)C(C(C)=O)=C(N)Cc1ccc(Cl)cc1. The molecule has 2 N–H and O–H groups in total. The van der Waals surface area contributed by atoms with Gasteiger partial charge in [-0.15, -0.1) is 0 Å². The van der Waals surface area contributed by atoms with Crippen molar-refractivity contribution in [1.29, 1.82) is 0 Å². The van der Waals surface area contributed by atoms with Crippen LogP contribution in [-0.4, -0.2) is 18.9 Å². The number of carbonyl (C=O) groups excluding carboxylic acids is 2. The highest BCUT2D eigenvalue weighted by atomic mass is 35.5. The zero-order valence-corrected chi connectivity index (χ0v) is 11.0. The van der Waals surface area contributed by atoms with E-state index in [1.54, 1.807) is 24.3 Å². The van der Waals surface area contributed by atoms with Gasteiger partial charge in [0, 0.05) is 17.1 Å². The van der Waals surface area contributed by atoms with E-state index in [0.29, 0.717) is 11.4 Å². The Balaban J connectivity index is 3.02. The van der Waals surface area contributed by atoms with E-state index >= 15 is 0 Å². The number of ketones is 1. The van der Waals surface area contributed by atoms with Gasteiger partial charge in [-0.05, 0) is 24.6 Å². The lowest BCUT2D eigenvalue weighted by atomic mass is 10.0.